The minimum Gasteiger partial charge on any atom is -0.0846 e. The van der Waals surface area contributed by atoms with Gasteiger partial charge in [0, 0.05) is 0 Å². The van der Waals surface area contributed by atoms with E-state index >= 15 is 0 Å². The van der Waals surface area contributed by atoms with E-state index in [2.05, 4.69) is 53.7 Å². The lowest BCUT2D eigenvalue weighted by atomic mass is 9.46. The molecule has 0 aromatic carbocycles. The summed E-state index contributed by atoms with van der Waals surface area (Å²) in [6.45, 7) is 15.3. The molecule has 0 radical (unpaired) electrons. The Labute approximate surface area is 157 Å². The van der Waals surface area contributed by atoms with Gasteiger partial charge in [0.1, 0.15) is 0 Å². The van der Waals surface area contributed by atoms with Gasteiger partial charge in [0.15, 0.2) is 0 Å². The summed E-state index contributed by atoms with van der Waals surface area (Å²) in [5, 5.41) is 0. The molecular formula is C25H42. The van der Waals surface area contributed by atoms with Crippen LogP contribution in [0.15, 0.2) is 12.2 Å². The van der Waals surface area contributed by atoms with Crippen molar-refractivity contribution in [1.82, 2.24) is 0 Å². The van der Waals surface area contributed by atoms with Crippen LogP contribution in [-0.2, 0) is 0 Å². The van der Waals surface area contributed by atoms with Gasteiger partial charge >= 0.3 is 0 Å². The molecule has 0 heteroatoms. The molecule has 0 spiro atoms. The van der Waals surface area contributed by atoms with Gasteiger partial charge < -0.3 is 0 Å². The van der Waals surface area contributed by atoms with Gasteiger partial charge in [0.2, 0.25) is 0 Å². The summed E-state index contributed by atoms with van der Waals surface area (Å²) in [6, 6.07) is 0. The summed E-state index contributed by atoms with van der Waals surface area (Å²) in [6.07, 6.45) is 15.8. The van der Waals surface area contributed by atoms with E-state index in [1.54, 1.807) is 0 Å². The highest BCUT2D eigenvalue weighted by Crippen LogP contribution is 2.67. The molecule has 0 bridgehead atoms. The summed E-state index contributed by atoms with van der Waals surface area (Å²) >= 11 is 0. The van der Waals surface area contributed by atoms with Crippen LogP contribution in [0.5, 0.6) is 0 Å². The SMILES string of the molecule is CC(C)[C@@H](C)C1CCC2C3C=CC4C[C@@H](C)CCC4(C)C3CCC21C. The second-order valence-electron chi connectivity index (χ2n) is 11.5. The molecule has 0 heterocycles. The Hall–Kier alpha value is -0.260. The maximum atomic E-state index is 2.74. The fraction of sp³-hybridized carbons (Fsp3) is 0.920. The first-order chi connectivity index (χ1) is 11.8. The van der Waals surface area contributed by atoms with Crippen LogP contribution in [0, 0.1) is 58.2 Å². The van der Waals surface area contributed by atoms with Gasteiger partial charge in [-0.3, -0.25) is 0 Å². The first-order valence-corrected chi connectivity index (χ1v) is 11.5. The van der Waals surface area contributed by atoms with E-state index in [9.17, 15) is 0 Å². The van der Waals surface area contributed by atoms with Crippen molar-refractivity contribution in [3.8, 4) is 0 Å². The number of rotatable bonds is 2. The second kappa shape index (κ2) is 6.13. The number of allylic oxidation sites excluding steroid dienone is 2. The van der Waals surface area contributed by atoms with Crippen LogP contribution < -0.4 is 0 Å². The molecule has 3 saturated carbocycles. The topological polar surface area (TPSA) is 0 Å². The summed E-state index contributed by atoms with van der Waals surface area (Å²) in [5.74, 6) is 7.32. The summed E-state index contributed by atoms with van der Waals surface area (Å²) in [4.78, 5) is 0. The zero-order valence-corrected chi connectivity index (χ0v) is 17.7. The van der Waals surface area contributed by atoms with Gasteiger partial charge in [0.25, 0.3) is 0 Å². The third-order valence-electron chi connectivity index (χ3n) is 10.2. The highest BCUT2D eigenvalue weighted by Gasteiger charge is 2.59. The van der Waals surface area contributed by atoms with Gasteiger partial charge in [-0.25, -0.2) is 0 Å². The maximum absolute atomic E-state index is 2.74. The smallest absolute Gasteiger partial charge is 0.0166 e. The van der Waals surface area contributed by atoms with Crippen LogP contribution in [0.4, 0.5) is 0 Å². The lowest BCUT2D eigenvalue weighted by Crippen LogP contribution is -2.52. The molecule has 4 rings (SSSR count). The number of hydrogen-bond donors (Lipinski definition) is 0. The van der Waals surface area contributed by atoms with Crippen LogP contribution in [0.1, 0.15) is 86.5 Å². The minimum absolute atomic E-state index is 0.606. The van der Waals surface area contributed by atoms with Crippen LogP contribution in [0.2, 0.25) is 0 Å². The summed E-state index contributed by atoms with van der Waals surface area (Å²) in [5.41, 5.74) is 1.22. The first kappa shape index (κ1) is 18.1. The van der Waals surface area contributed by atoms with E-state index in [1.165, 1.54) is 44.9 Å². The Morgan fingerprint density at radius 3 is 2.24 bits per heavy atom. The highest BCUT2D eigenvalue weighted by molar-refractivity contribution is 5.18. The fourth-order valence-electron chi connectivity index (χ4n) is 8.19. The molecule has 0 nitrogen and oxygen atoms in total. The normalized spacial score (nSPS) is 53.2. The molecule has 4 aliphatic carbocycles. The highest BCUT2D eigenvalue weighted by atomic mass is 14.6. The monoisotopic (exact) mass is 342 g/mol. The minimum atomic E-state index is 0.606. The third kappa shape index (κ3) is 2.60. The molecular weight excluding hydrogens is 300 g/mol. The predicted molar refractivity (Wildman–Crippen MR) is 108 cm³/mol. The Morgan fingerprint density at radius 1 is 0.840 bits per heavy atom. The van der Waals surface area contributed by atoms with Gasteiger partial charge in [-0.2, -0.15) is 0 Å². The Morgan fingerprint density at radius 2 is 1.52 bits per heavy atom. The second-order valence-corrected chi connectivity index (χ2v) is 11.5. The Bertz CT molecular complexity index is 530. The average molecular weight is 343 g/mol. The van der Waals surface area contributed by atoms with Gasteiger partial charge in [-0.05, 0) is 96.7 Å². The molecule has 4 aliphatic rings. The van der Waals surface area contributed by atoms with Gasteiger partial charge in [-0.15, -0.1) is 0 Å². The van der Waals surface area contributed by atoms with Gasteiger partial charge in [-0.1, -0.05) is 60.1 Å². The summed E-state index contributed by atoms with van der Waals surface area (Å²) in [7, 11) is 0. The Kier molecular flexibility index (Phi) is 4.45. The first-order valence-electron chi connectivity index (χ1n) is 11.5. The molecule has 7 unspecified atom stereocenters. The quantitative estimate of drug-likeness (QED) is 0.460. The van der Waals surface area contributed by atoms with Crippen molar-refractivity contribution in [3.05, 3.63) is 12.2 Å². The van der Waals surface area contributed by atoms with E-state index in [1.807, 2.05) is 0 Å². The van der Waals surface area contributed by atoms with Crippen molar-refractivity contribution < 1.29 is 0 Å². The Balaban J connectivity index is 1.62. The van der Waals surface area contributed by atoms with Crippen LogP contribution in [-0.4, -0.2) is 0 Å². The van der Waals surface area contributed by atoms with Gasteiger partial charge in [0.05, 0.1) is 0 Å². The van der Waals surface area contributed by atoms with Crippen LogP contribution in [0.25, 0.3) is 0 Å². The van der Waals surface area contributed by atoms with E-state index in [4.69, 9.17) is 0 Å². The molecule has 0 aliphatic heterocycles. The van der Waals surface area contributed by atoms with E-state index in [0.717, 1.165) is 47.3 Å². The fourth-order valence-corrected chi connectivity index (χ4v) is 8.19. The third-order valence-corrected chi connectivity index (χ3v) is 10.2. The van der Waals surface area contributed by atoms with Crippen molar-refractivity contribution in [2.24, 2.45) is 58.2 Å². The van der Waals surface area contributed by atoms with Crippen molar-refractivity contribution in [2.75, 3.05) is 0 Å². The molecule has 0 N–H and O–H groups in total. The predicted octanol–water partition coefficient (Wildman–Crippen LogP) is 7.35. The molecule has 9 atom stereocenters. The zero-order valence-electron chi connectivity index (χ0n) is 17.7. The summed E-state index contributed by atoms with van der Waals surface area (Å²) < 4.78 is 0. The zero-order chi connectivity index (χ0) is 18.0. The number of fused-ring (bicyclic) bond motifs is 5. The largest absolute Gasteiger partial charge is 0.0846 e. The van der Waals surface area contributed by atoms with Crippen molar-refractivity contribution in [1.29, 1.82) is 0 Å². The molecule has 0 aromatic heterocycles. The van der Waals surface area contributed by atoms with E-state index in [0.29, 0.717) is 10.8 Å². The van der Waals surface area contributed by atoms with E-state index in [-0.39, 0.29) is 0 Å². The van der Waals surface area contributed by atoms with Crippen LogP contribution >= 0.6 is 0 Å². The average Bonchev–Trinajstić information content (AvgIpc) is 2.92. The lowest BCUT2D eigenvalue weighted by Gasteiger charge is -2.59. The molecule has 142 valence electrons. The van der Waals surface area contributed by atoms with E-state index < -0.39 is 0 Å². The van der Waals surface area contributed by atoms with Crippen LogP contribution in [0.3, 0.4) is 0 Å². The standard InChI is InChI=1S/C25H42/c1-16(2)18(4)21-9-10-22-20-8-7-19-15-17(3)11-13-24(19,5)23(20)12-14-25(21,22)6/h7-8,16-23H,9-15H2,1-6H3/t17-,18+,19?,20?,21?,22?,23?,24?,25?/m0/s1. The molecule has 3 fully saturated rings. The molecule has 0 saturated heterocycles. The van der Waals surface area contributed by atoms with Crippen molar-refractivity contribution >= 4 is 0 Å². The molecule has 0 amide bonds. The molecule has 0 aromatic rings. The molecule has 25 heavy (non-hydrogen) atoms. The number of hydrogen-bond acceptors (Lipinski definition) is 0. The maximum Gasteiger partial charge on any atom is -0.0166 e. The van der Waals surface area contributed by atoms with Crippen molar-refractivity contribution in [3.63, 3.8) is 0 Å². The van der Waals surface area contributed by atoms with Crippen molar-refractivity contribution in [2.45, 2.75) is 86.5 Å². The lowest BCUT2D eigenvalue weighted by molar-refractivity contribution is -0.0718.